The Morgan fingerprint density at radius 3 is 2.88 bits per heavy atom. The van der Waals surface area contributed by atoms with Crippen molar-refractivity contribution in [1.29, 1.82) is 0 Å². The number of hydrogen-bond donors (Lipinski definition) is 0. The van der Waals surface area contributed by atoms with E-state index in [0.29, 0.717) is 23.1 Å². The molecule has 2 rings (SSSR count). The number of sulfone groups is 1. The Labute approximate surface area is 108 Å². The molecule has 1 aliphatic rings. The van der Waals surface area contributed by atoms with Crippen LogP contribution in [0.25, 0.3) is 0 Å². The van der Waals surface area contributed by atoms with Crippen molar-refractivity contribution in [3.63, 3.8) is 0 Å². The van der Waals surface area contributed by atoms with Gasteiger partial charge in [0.1, 0.15) is 5.69 Å². The van der Waals surface area contributed by atoms with E-state index in [1.807, 2.05) is 6.92 Å². The molecular formula is C10H13BrN2O3S. The molecule has 0 aromatic carbocycles. The summed E-state index contributed by atoms with van der Waals surface area (Å²) < 4.78 is 25.0. The maximum Gasteiger partial charge on any atom is 0.186 e. The normalized spacial score (nSPS) is 22.8. The predicted molar refractivity (Wildman–Crippen MR) is 66.7 cm³/mol. The van der Waals surface area contributed by atoms with Gasteiger partial charge in [-0.15, -0.1) is 0 Å². The van der Waals surface area contributed by atoms with Crippen molar-refractivity contribution in [2.24, 2.45) is 5.92 Å². The maximum atomic E-state index is 12.2. The van der Waals surface area contributed by atoms with Gasteiger partial charge in [-0.25, -0.2) is 8.42 Å². The fourth-order valence-corrected chi connectivity index (χ4v) is 4.28. The van der Waals surface area contributed by atoms with E-state index in [4.69, 9.17) is 0 Å². The number of aryl methyl sites for hydroxylation is 1. The molecule has 1 aliphatic heterocycles. The van der Waals surface area contributed by atoms with Crippen LogP contribution in [0.3, 0.4) is 0 Å². The zero-order valence-corrected chi connectivity index (χ0v) is 11.8. The van der Waals surface area contributed by atoms with E-state index in [2.05, 4.69) is 21.0 Å². The van der Waals surface area contributed by atoms with Gasteiger partial charge in [0.2, 0.25) is 0 Å². The molecule has 1 aromatic rings. The van der Waals surface area contributed by atoms with Crippen LogP contribution in [-0.2, 0) is 16.4 Å². The first kappa shape index (κ1) is 12.8. The fourth-order valence-electron chi connectivity index (χ4n) is 2.04. The largest absolute Gasteiger partial charge is 0.292 e. The number of nitrogens with zero attached hydrogens (tertiary/aromatic N) is 2. The summed E-state index contributed by atoms with van der Waals surface area (Å²) in [6.07, 6.45) is 1.99. The molecule has 1 fully saturated rings. The predicted octanol–water partition coefficient (Wildman–Crippen LogP) is 1.28. The third-order valence-electron chi connectivity index (χ3n) is 2.93. The van der Waals surface area contributed by atoms with Crippen molar-refractivity contribution in [1.82, 2.24) is 9.78 Å². The highest BCUT2D eigenvalue weighted by Gasteiger charge is 2.35. The van der Waals surface area contributed by atoms with Crippen LogP contribution in [0.5, 0.6) is 0 Å². The SMILES string of the molecule is CCn1ncc(Br)c1C(=O)C1CCS(=O)(=O)C1. The number of rotatable bonds is 3. The topological polar surface area (TPSA) is 69.0 Å². The van der Waals surface area contributed by atoms with Gasteiger partial charge < -0.3 is 0 Å². The zero-order chi connectivity index (χ0) is 12.6. The Morgan fingerprint density at radius 2 is 2.35 bits per heavy atom. The van der Waals surface area contributed by atoms with Crippen molar-refractivity contribution >= 4 is 31.6 Å². The van der Waals surface area contributed by atoms with E-state index in [0.717, 1.165) is 0 Å². The summed E-state index contributed by atoms with van der Waals surface area (Å²) in [7, 11) is -3.03. The highest BCUT2D eigenvalue weighted by molar-refractivity contribution is 9.10. The number of carbonyl (C=O) groups excluding carboxylic acids is 1. The molecule has 0 N–H and O–H groups in total. The molecule has 5 nitrogen and oxygen atoms in total. The lowest BCUT2D eigenvalue weighted by atomic mass is 10.0. The summed E-state index contributed by atoms with van der Waals surface area (Å²) in [6.45, 7) is 2.48. The van der Waals surface area contributed by atoms with Gasteiger partial charge in [0.15, 0.2) is 15.6 Å². The Hall–Kier alpha value is -0.690. The number of hydrogen-bond acceptors (Lipinski definition) is 4. The van der Waals surface area contributed by atoms with Crippen molar-refractivity contribution in [3.8, 4) is 0 Å². The lowest BCUT2D eigenvalue weighted by molar-refractivity contribution is 0.0921. The number of ketones is 1. The lowest BCUT2D eigenvalue weighted by Crippen LogP contribution is -2.20. The summed E-state index contributed by atoms with van der Waals surface area (Å²) in [6, 6.07) is 0. The minimum absolute atomic E-state index is 0.0346. The second-order valence-corrected chi connectivity index (χ2v) is 7.20. The Balaban J connectivity index is 2.29. The molecule has 17 heavy (non-hydrogen) atoms. The van der Waals surface area contributed by atoms with Crippen molar-refractivity contribution in [2.45, 2.75) is 19.9 Å². The first-order valence-electron chi connectivity index (χ1n) is 5.40. The van der Waals surface area contributed by atoms with Crippen LogP contribution in [-0.4, -0.2) is 35.5 Å². The third-order valence-corrected chi connectivity index (χ3v) is 5.28. The molecule has 0 saturated carbocycles. The second kappa shape index (κ2) is 4.53. The van der Waals surface area contributed by atoms with Gasteiger partial charge >= 0.3 is 0 Å². The minimum Gasteiger partial charge on any atom is -0.292 e. The summed E-state index contributed by atoms with van der Waals surface area (Å²) in [5.74, 6) is -0.468. The standard InChI is InChI=1S/C10H13BrN2O3S/c1-2-13-9(8(11)5-12-13)10(14)7-3-4-17(15,16)6-7/h5,7H,2-4,6H2,1H3. The molecule has 2 heterocycles. The number of aromatic nitrogens is 2. The molecule has 0 aliphatic carbocycles. The molecule has 0 amide bonds. The van der Waals surface area contributed by atoms with Gasteiger partial charge in [-0.1, -0.05) is 0 Å². The van der Waals surface area contributed by atoms with Crippen LogP contribution in [0.4, 0.5) is 0 Å². The van der Waals surface area contributed by atoms with Crippen LogP contribution < -0.4 is 0 Å². The zero-order valence-electron chi connectivity index (χ0n) is 9.39. The molecule has 1 atom stereocenters. The Morgan fingerprint density at radius 1 is 1.65 bits per heavy atom. The van der Waals surface area contributed by atoms with Gasteiger partial charge in [0.25, 0.3) is 0 Å². The lowest BCUT2D eigenvalue weighted by Gasteiger charge is -2.08. The van der Waals surface area contributed by atoms with E-state index in [-0.39, 0.29) is 17.3 Å². The quantitative estimate of drug-likeness (QED) is 0.787. The van der Waals surface area contributed by atoms with E-state index >= 15 is 0 Å². The maximum absolute atomic E-state index is 12.2. The van der Waals surface area contributed by atoms with Crippen LogP contribution >= 0.6 is 15.9 Å². The fraction of sp³-hybridized carbons (Fsp3) is 0.600. The molecule has 0 spiro atoms. The van der Waals surface area contributed by atoms with Gasteiger partial charge in [-0.05, 0) is 29.3 Å². The first-order chi connectivity index (χ1) is 7.94. The molecule has 0 radical (unpaired) electrons. The van der Waals surface area contributed by atoms with Crippen LogP contribution in [0.15, 0.2) is 10.7 Å². The average molecular weight is 321 g/mol. The summed E-state index contributed by atoms with van der Waals surface area (Å²) >= 11 is 3.28. The Bertz CT molecular complexity index is 550. The van der Waals surface area contributed by atoms with Crippen LogP contribution in [0, 0.1) is 5.92 Å². The van der Waals surface area contributed by atoms with E-state index in [1.165, 1.54) is 0 Å². The first-order valence-corrected chi connectivity index (χ1v) is 8.02. The number of halogens is 1. The summed E-state index contributed by atoms with van der Waals surface area (Å²) in [5.41, 5.74) is 0.481. The Kier molecular flexibility index (Phi) is 3.40. The molecule has 0 bridgehead atoms. The molecule has 94 valence electrons. The molecule has 7 heteroatoms. The van der Waals surface area contributed by atoms with E-state index in [9.17, 15) is 13.2 Å². The minimum atomic E-state index is -3.03. The van der Waals surface area contributed by atoms with E-state index in [1.54, 1.807) is 10.9 Å². The highest BCUT2D eigenvalue weighted by atomic mass is 79.9. The number of Topliss-reactive ketones (excluding diaryl/α,β-unsaturated/α-hetero) is 1. The van der Waals surface area contributed by atoms with Crippen LogP contribution in [0.2, 0.25) is 0 Å². The van der Waals surface area contributed by atoms with Crippen LogP contribution in [0.1, 0.15) is 23.8 Å². The molecule has 1 unspecified atom stereocenters. The number of carbonyl (C=O) groups is 1. The third kappa shape index (κ3) is 2.44. The average Bonchev–Trinajstić information content (AvgIpc) is 2.80. The summed E-state index contributed by atoms with van der Waals surface area (Å²) in [5, 5.41) is 4.06. The van der Waals surface area contributed by atoms with Gasteiger partial charge in [-0.3, -0.25) is 9.48 Å². The second-order valence-electron chi connectivity index (χ2n) is 4.12. The van der Waals surface area contributed by atoms with Gasteiger partial charge in [0, 0.05) is 12.5 Å². The molecule has 1 aromatic heterocycles. The van der Waals surface area contributed by atoms with Crippen molar-refractivity contribution in [2.75, 3.05) is 11.5 Å². The molecular weight excluding hydrogens is 308 g/mol. The van der Waals surface area contributed by atoms with E-state index < -0.39 is 15.8 Å². The monoisotopic (exact) mass is 320 g/mol. The van der Waals surface area contributed by atoms with Crippen molar-refractivity contribution < 1.29 is 13.2 Å². The van der Waals surface area contributed by atoms with Gasteiger partial charge in [-0.2, -0.15) is 5.10 Å². The smallest absolute Gasteiger partial charge is 0.186 e. The van der Waals surface area contributed by atoms with Gasteiger partial charge in [0.05, 0.1) is 22.2 Å². The molecule has 1 saturated heterocycles. The summed E-state index contributed by atoms with van der Waals surface area (Å²) in [4.78, 5) is 12.2. The van der Waals surface area contributed by atoms with Crippen molar-refractivity contribution in [3.05, 3.63) is 16.4 Å². The highest BCUT2D eigenvalue weighted by Crippen LogP contribution is 2.26.